The summed E-state index contributed by atoms with van der Waals surface area (Å²) in [4.78, 5) is 19.5. The average Bonchev–Trinajstić information content (AvgIpc) is 3.52. The van der Waals surface area contributed by atoms with Crippen LogP contribution in [0.25, 0.3) is 22.6 Å². The van der Waals surface area contributed by atoms with Gasteiger partial charge in [0.25, 0.3) is 5.91 Å². The molecule has 31 heavy (non-hydrogen) atoms. The van der Waals surface area contributed by atoms with Crippen LogP contribution >= 0.6 is 11.3 Å². The number of carbonyl (C=O) groups is 1. The summed E-state index contributed by atoms with van der Waals surface area (Å²) >= 11 is 1.72. The van der Waals surface area contributed by atoms with Gasteiger partial charge >= 0.3 is 0 Å². The van der Waals surface area contributed by atoms with Crippen LogP contribution in [0, 0.1) is 0 Å². The number of aryl methyl sites for hydroxylation is 2. The molecule has 0 aliphatic heterocycles. The Morgan fingerprint density at radius 1 is 1.23 bits per heavy atom. The predicted octanol–water partition coefficient (Wildman–Crippen LogP) is 4.88. The van der Waals surface area contributed by atoms with Crippen molar-refractivity contribution in [3.63, 3.8) is 0 Å². The van der Waals surface area contributed by atoms with E-state index in [1.165, 1.54) is 16.0 Å². The SMILES string of the molecule is Cn1cc(CCCNC(=O)c2c3c(nc4ccccc24)/C(=C/c2cccs2)CC3)cn1. The molecule has 0 saturated heterocycles. The van der Waals surface area contributed by atoms with Crippen molar-refractivity contribution >= 4 is 39.8 Å². The summed E-state index contributed by atoms with van der Waals surface area (Å²) < 4.78 is 1.81. The normalized spacial score (nSPS) is 14.3. The van der Waals surface area contributed by atoms with Crippen molar-refractivity contribution in [3.05, 3.63) is 81.4 Å². The van der Waals surface area contributed by atoms with Crippen LogP contribution in [0.3, 0.4) is 0 Å². The Hall–Kier alpha value is -3.25. The molecule has 3 aromatic heterocycles. The van der Waals surface area contributed by atoms with Gasteiger partial charge in [-0.2, -0.15) is 5.10 Å². The Kier molecular flexibility index (Phi) is 5.38. The van der Waals surface area contributed by atoms with Gasteiger partial charge in [0.15, 0.2) is 0 Å². The first-order valence-electron chi connectivity index (χ1n) is 10.6. The molecule has 1 N–H and O–H groups in total. The molecular formula is C25H24N4OS. The van der Waals surface area contributed by atoms with E-state index in [4.69, 9.17) is 4.98 Å². The third-order valence-electron chi connectivity index (χ3n) is 5.71. The lowest BCUT2D eigenvalue weighted by Gasteiger charge is -2.13. The number of thiophene rings is 1. The number of hydrogen-bond acceptors (Lipinski definition) is 4. The lowest BCUT2D eigenvalue weighted by atomic mass is 10.00. The summed E-state index contributed by atoms with van der Waals surface area (Å²) in [5.74, 6) is -0.00147. The molecule has 0 spiro atoms. The maximum absolute atomic E-state index is 13.3. The summed E-state index contributed by atoms with van der Waals surface area (Å²) in [5.41, 5.74) is 6.13. The maximum atomic E-state index is 13.3. The topological polar surface area (TPSA) is 59.8 Å². The number of amides is 1. The summed E-state index contributed by atoms with van der Waals surface area (Å²) in [6, 6.07) is 12.1. The molecule has 0 atom stereocenters. The first-order chi connectivity index (χ1) is 15.2. The summed E-state index contributed by atoms with van der Waals surface area (Å²) in [5, 5.41) is 10.4. The van der Waals surface area contributed by atoms with Gasteiger partial charge < -0.3 is 5.32 Å². The zero-order valence-electron chi connectivity index (χ0n) is 17.5. The third-order valence-corrected chi connectivity index (χ3v) is 6.53. The number of rotatable bonds is 6. The molecule has 1 amide bonds. The largest absolute Gasteiger partial charge is 0.352 e. The highest BCUT2D eigenvalue weighted by molar-refractivity contribution is 7.10. The van der Waals surface area contributed by atoms with Gasteiger partial charge in [-0.05, 0) is 66.0 Å². The van der Waals surface area contributed by atoms with Crippen molar-refractivity contribution in [2.75, 3.05) is 6.54 Å². The maximum Gasteiger partial charge on any atom is 0.252 e. The summed E-state index contributed by atoms with van der Waals surface area (Å²) in [6.07, 6.45) is 9.66. The fourth-order valence-electron chi connectivity index (χ4n) is 4.27. The van der Waals surface area contributed by atoms with E-state index in [0.29, 0.717) is 6.54 Å². The van der Waals surface area contributed by atoms with Crippen molar-refractivity contribution < 1.29 is 4.79 Å². The lowest BCUT2D eigenvalue weighted by Crippen LogP contribution is -2.26. The number of aromatic nitrogens is 3. The second-order valence-electron chi connectivity index (χ2n) is 7.90. The number of pyridine rings is 1. The number of allylic oxidation sites excluding steroid dienone is 1. The van der Waals surface area contributed by atoms with Gasteiger partial charge in [-0.1, -0.05) is 24.3 Å². The fraction of sp³-hybridized carbons (Fsp3) is 0.240. The number of fused-ring (bicyclic) bond motifs is 2. The fourth-order valence-corrected chi connectivity index (χ4v) is 4.95. The van der Waals surface area contributed by atoms with Gasteiger partial charge in [0.1, 0.15) is 0 Å². The van der Waals surface area contributed by atoms with E-state index in [9.17, 15) is 4.79 Å². The first kappa shape index (κ1) is 19.7. The van der Waals surface area contributed by atoms with Gasteiger partial charge in [0.2, 0.25) is 0 Å². The minimum atomic E-state index is -0.00147. The van der Waals surface area contributed by atoms with Crippen LogP contribution in [0.5, 0.6) is 0 Å². The smallest absolute Gasteiger partial charge is 0.252 e. The van der Waals surface area contributed by atoms with Crippen molar-refractivity contribution in [2.45, 2.75) is 25.7 Å². The number of hydrogen-bond donors (Lipinski definition) is 1. The second-order valence-corrected chi connectivity index (χ2v) is 8.88. The molecule has 1 aromatic carbocycles. The summed E-state index contributed by atoms with van der Waals surface area (Å²) in [6.45, 7) is 0.636. The van der Waals surface area contributed by atoms with Gasteiger partial charge in [-0.3, -0.25) is 9.48 Å². The molecular weight excluding hydrogens is 404 g/mol. The minimum absolute atomic E-state index is 0.00147. The number of benzene rings is 1. The van der Waals surface area contributed by atoms with Crippen molar-refractivity contribution in [2.24, 2.45) is 7.05 Å². The molecule has 0 unspecified atom stereocenters. The van der Waals surface area contributed by atoms with Gasteiger partial charge in [0.05, 0.1) is 23.0 Å². The van der Waals surface area contributed by atoms with Gasteiger partial charge in [0, 0.05) is 30.1 Å². The van der Waals surface area contributed by atoms with E-state index < -0.39 is 0 Å². The van der Waals surface area contributed by atoms with Crippen molar-refractivity contribution in [1.29, 1.82) is 0 Å². The summed E-state index contributed by atoms with van der Waals surface area (Å²) in [7, 11) is 1.92. The lowest BCUT2D eigenvalue weighted by molar-refractivity contribution is 0.0954. The highest BCUT2D eigenvalue weighted by Crippen LogP contribution is 2.37. The molecule has 0 radical (unpaired) electrons. The van der Waals surface area contributed by atoms with Gasteiger partial charge in [-0.25, -0.2) is 4.98 Å². The van der Waals surface area contributed by atoms with Crippen molar-refractivity contribution in [1.82, 2.24) is 20.1 Å². The number of carbonyl (C=O) groups excluding carboxylic acids is 1. The highest BCUT2D eigenvalue weighted by Gasteiger charge is 2.26. The molecule has 0 saturated carbocycles. The molecule has 5 rings (SSSR count). The monoisotopic (exact) mass is 428 g/mol. The molecule has 1 aliphatic rings. The Balaban J connectivity index is 1.42. The van der Waals surface area contributed by atoms with Crippen LogP contribution in [0.2, 0.25) is 0 Å². The van der Waals surface area contributed by atoms with E-state index >= 15 is 0 Å². The molecule has 0 fully saturated rings. The molecule has 156 valence electrons. The Morgan fingerprint density at radius 3 is 2.94 bits per heavy atom. The molecule has 1 aliphatic carbocycles. The molecule has 0 bridgehead atoms. The van der Waals surface area contributed by atoms with Crippen LogP contribution in [-0.2, 0) is 19.9 Å². The Labute approximate surface area is 185 Å². The predicted molar refractivity (Wildman–Crippen MR) is 126 cm³/mol. The molecule has 4 aromatic rings. The molecule has 5 nitrogen and oxygen atoms in total. The second kappa shape index (κ2) is 8.47. The Morgan fingerprint density at radius 2 is 2.13 bits per heavy atom. The number of nitrogens with one attached hydrogen (secondary N) is 1. The third kappa shape index (κ3) is 4.03. The van der Waals surface area contributed by atoms with E-state index in [1.54, 1.807) is 11.3 Å². The van der Waals surface area contributed by atoms with Crippen LogP contribution in [-0.4, -0.2) is 27.2 Å². The standard InChI is InChI=1S/C25H24N4OS/c1-29-16-17(15-27-29)6-4-12-26-25(30)23-20-8-2-3-9-22(20)28-24-18(10-11-21(23)24)14-19-7-5-13-31-19/h2-3,5,7-9,13-16H,4,6,10-12H2,1H3,(H,26,30)/b18-14+. The van der Waals surface area contributed by atoms with Gasteiger partial charge in [-0.15, -0.1) is 11.3 Å². The number of nitrogens with zero attached hydrogens (tertiary/aromatic N) is 3. The molecule has 3 heterocycles. The number of para-hydroxylation sites is 1. The molecule has 6 heteroatoms. The zero-order chi connectivity index (χ0) is 21.2. The van der Waals surface area contributed by atoms with Crippen LogP contribution in [0.4, 0.5) is 0 Å². The quantitative estimate of drug-likeness (QED) is 0.445. The van der Waals surface area contributed by atoms with Crippen LogP contribution in [0.1, 0.15) is 44.9 Å². The average molecular weight is 429 g/mol. The van der Waals surface area contributed by atoms with E-state index in [0.717, 1.165) is 53.4 Å². The minimum Gasteiger partial charge on any atom is -0.352 e. The Bertz CT molecular complexity index is 1270. The van der Waals surface area contributed by atoms with E-state index in [1.807, 2.05) is 48.4 Å². The first-order valence-corrected chi connectivity index (χ1v) is 11.5. The van der Waals surface area contributed by atoms with Crippen molar-refractivity contribution in [3.8, 4) is 0 Å². The van der Waals surface area contributed by atoms with E-state index in [-0.39, 0.29) is 5.91 Å². The van der Waals surface area contributed by atoms with E-state index in [2.05, 4.69) is 34.0 Å². The van der Waals surface area contributed by atoms with Crippen LogP contribution < -0.4 is 5.32 Å². The zero-order valence-corrected chi connectivity index (χ0v) is 18.3. The highest BCUT2D eigenvalue weighted by atomic mass is 32.1. The van der Waals surface area contributed by atoms with Crippen LogP contribution in [0.15, 0.2) is 54.2 Å².